The number of rotatable bonds is 5. The first kappa shape index (κ1) is 19.2. The first-order valence-corrected chi connectivity index (χ1v) is 9.36. The standard InChI is InChI=1S/C22H22ClNO3/c1-3-27-22(26)21-15(2)24(14-16-7-5-4-6-8-16)20(25)13-19(21)17-9-11-18(23)12-10-17/h4-12,19H,3,13-14H2,1-2H3/t19-/m1/s1. The summed E-state index contributed by atoms with van der Waals surface area (Å²) in [5.74, 6) is -0.717. The molecule has 0 aromatic heterocycles. The van der Waals surface area contributed by atoms with Crippen LogP contribution in [0.2, 0.25) is 5.02 Å². The van der Waals surface area contributed by atoms with Gasteiger partial charge in [-0.15, -0.1) is 0 Å². The predicted octanol–water partition coefficient (Wildman–Crippen LogP) is 4.69. The van der Waals surface area contributed by atoms with E-state index in [-0.39, 0.29) is 30.8 Å². The highest BCUT2D eigenvalue weighted by molar-refractivity contribution is 6.30. The van der Waals surface area contributed by atoms with Gasteiger partial charge >= 0.3 is 5.97 Å². The van der Waals surface area contributed by atoms with Crippen LogP contribution < -0.4 is 0 Å². The van der Waals surface area contributed by atoms with Crippen LogP contribution in [-0.4, -0.2) is 23.4 Å². The van der Waals surface area contributed by atoms with Crippen LogP contribution >= 0.6 is 11.6 Å². The number of carbonyl (C=O) groups is 2. The fourth-order valence-corrected chi connectivity index (χ4v) is 3.55. The van der Waals surface area contributed by atoms with Crippen LogP contribution in [0.3, 0.4) is 0 Å². The van der Waals surface area contributed by atoms with Gasteiger partial charge in [-0.2, -0.15) is 0 Å². The summed E-state index contributed by atoms with van der Waals surface area (Å²) >= 11 is 5.99. The molecule has 0 radical (unpaired) electrons. The molecule has 3 rings (SSSR count). The summed E-state index contributed by atoms with van der Waals surface area (Å²) < 4.78 is 5.30. The van der Waals surface area contributed by atoms with Crippen LogP contribution in [0, 0.1) is 0 Å². The van der Waals surface area contributed by atoms with Crippen molar-refractivity contribution < 1.29 is 14.3 Å². The summed E-state index contributed by atoms with van der Waals surface area (Å²) in [4.78, 5) is 27.3. The Morgan fingerprint density at radius 2 is 1.81 bits per heavy atom. The lowest BCUT2D eigenvalue weighted by Gasteiger charge is -2.34. The van der Waals surface area contributed by atoms with Crippen LogP contribution in [0.1, 0.15) is 37.3 Å². The highest BCUT2D eigenvalue weighted by atomic mass is 35.5. The Morgan fingerprint density at radius 1 is 1.15 bits per heavy atom. The van der Waals surface area contributed by atoms with Gasteiger partial charge in [0.05, 0.1) is 18.7 Å². The number of allylic oxidation sites excluding steroid dienone is 1. The molecule has 0 N–H and O–H groups in total. The summed E-state index contributed by atoms with van der Waals surface area (Å²) in [6, 6.07) is 17.0. The molecule has 0 saturated carbocycles. The Balaban J connectivity index is 2.02. The summed E-state index contributed by atoms with van der Waals surface area (Å²) in [5, 5.41) is 0.616. The van der Waals surface area contributed by atoms with Gasteiger partial charge < -0.3 is 9.64 Å². The number of ether oxygens (including phenoxy) is 1. The second-order valence-corrected chi connectivity index (χ2v) is 6.93. The van der Waals surface area contributed by atoms with E-state index >= 15 is 0 Å². The van der Waals surface area contributed by atoms with E-state index in [0.29, 0.717) is 22.8 Å². The maximum atomic E-state index is 12.9. The van der Waals surface area contributed by atoms with Gasteiger partial charge in [-0.05, 0) is 37.1 Å². The van der Waals surface area contributed by atoms with Crippen molar-refractivity contribution in [2.45, 2.75) is 32.7 Å². The summed E-state index contributed by atoms with van der Waals surface area (Å²) in [6.07, 6.45) is 0.222. The minimum Gasteiger partial charge on any atom is -0.463 e. The molecular weight excluding hydrogens is 362 g/mol. The molecule has 0 unspecified atom stereocenters. The second kappa shape index (κ2) is 8.40. The maximum absolute atomic E-state index is 12.9. The minimum atomic E-state index is -0.375. The van der Waals surface area contributed by atoms with Crippen LogP contribution in [-0.2, 0) is 20.9 Å². The topological polar surface area (TPSA) is 46.6 Å². The molecule has 0 aliphatic carbocycles. The molecule has 0 saturated heterocycles. The number of hydrogen-bond donors (Lipinski definition) is 0. The fraction of sp³-hybridized carbons (Fsp3) is 0.273. The van der Waals surface area contributed by atoms with Gasteiger partial charge in [0.1, 0.15) is 0 Å². The Hall–Kier alpha value is -2.59. The minimum absolute atomic E-state index is 0.00986. The molecule has 27 heavy (non-hydrogen) atoms. The van der Waals surface area contributed by atoms with Gasteiger partial charge in [0.2, 0.25) is 5.91 Å². The molecule has 140 valence electrons. The van der Waals surface area contributed by atoms with Gasteiger partial charge in [0.15, 0.2) is 0 Å². The zero-order valence-electron chi connectivity index (χ0n) is 15.4. The predicted molar refractivity (Wildman–Crippen MR) is 105 cm³/mol. The first-order chi connectivity index (χ1) is 13.0. The number of carbonyl (C=O) groups excluding carboxylic acids is 2. The van der Waals surface area contributed by atoms with E-state index in [0.717, 1.165) is 11.1 Å². The second-order valence-electron chi connectivity index (χ2n) is 6.49. The van der Waals surface area contributed by atoms with Crippen LogP contribution in [0.15, 0.2) is 65.9 Å². The van der Waals surface area contributed by atoms with Gasteiger partial charge in [-0.25, -0.2) is 4.79 Å². The van der Waals surface area contributed by atoms with Crippen molar-refractivity contribution in [3.8, 4) is 0 Å². The van der Waals surface area contributed by atoms with Crippen molar-refractivity contribution in [1.82, 2.24) is 4.90 Å². The van der Waals surface area contributed by atoms with Crippen LogP contribution in [0.4, 0.5) is 0 Å². The van der Waals surface area contributed by atoms with E-state index in [4.69, 9.17) is 16.3 Å². The molecule has 1 aliphatic rings. The maximum Gasteiger partial charge on any atom is 0.336 e. The number of halogens is 1. The SMILES string of the molecule is CCOC(=O)C1=C(C)N(Cc2ccccc2)C(=O)C[C@@H]1c1ccc(Cl)cc1. The lowest BCUT2D eigenvalue weighted by molar-refractivity contribution is -0.140. The van der Waals surface area contributed by atoms with Gasteiger partial charge in [-0.1, -0.05) is 54.1 Å². The summed E-state index contributed by atoms with van der Waals surface area (Å²) in [5.41, 5.74) is 3.08. The Bertz CT molecular complexity index is 859. The van der Waals surface area contributed by atoms with Crippen molar-refractivity contribution in [3.05, 3.63) is 82.0 Å². The molecule has 5 heteroatoms. The number of benzene rings is 2. The van der Waals surface area contributed by atoms with Crippen LogP contribution in [0.5, 0.6) is 0 Å². The molecule has 1 aliphatic heterocycles. The van der Waals surface area contributed by atoms with Crippen molar-refractivity contribution in [2.24, 2.45) is 0 Å². The lowest BCUT2D eigenvalue weighted by atomic mass is 9.83. The van der Waals surface area contributed by atoms with Crippen molar-refractivity contribution in [3.63, 3.8) is 0 Å². The highest BCUT2D eigenvalue weighted by Crippen LogP contribution is 2.38. The van der Waals surface area contributed by atoms with Gasteiger partial charge in [-0.3, -0.25) is 4.79 Å². The molecule has 1 amide bonds. The van der Waals surface area contributed by atoms with E-state index < -0.39 is 0 Å². The number of hydrogen-bond acceptors (Lipinski definition) is 3. The van der Waals surface area contributed by atoms with Crippen molar-refractivity contribution in [1.29, 1.82) is 0 Å². The largest absolute Gasteiger partial charge is 0.463 e. The Morgan fingerprint density at radius 3 is 2.44 bits per heavy atom. The normalized spacial score (nSPS) is 17.2. The summed E-state index contributed by atoms with van der Waals surface area (Å²) in [7, 11) is 0. The van der Waals surface area contributed by atoms with E-state index in [1.807, 2.05) is 49.4 Å². The molecule has 0 spiro atoms. The fourth-order valence-electron chi connectivity index (χ4n) is 3.42. The molecule has 4 nitrogen and oxygen atoms in total. The molecule has 2 aromatic rings. The molecule has 1 atom stereocenters. The van der Waals surface area contributed by atoms with E-state index in [1.54, 1.807) is 24.0 Å². The molecule has 0 fully saturated rings. The molecule has 1 heterocycles. The lowest BCUT2D eigenvalue weighted by Crippen LogP contribution is -2.38. The third-order valence-electron chi connectivity index (χ3n) is 4.77. The average Bonchev–Trinajstić information content (AvgIpc) is 2.66. The zero-order valence-corrected chi connectivity index (χ0v) is 16.2. The average molecular weight is 384 g/mol. The molecule has 0 bridgehead atoms. The van der Waals surface area contributed by atoms with E-state index in [2.05, 4.69) is 0 Å². The first-order valence-electron chi connectivity index (χ1n) is 8.99. The number of nitrogens with zero attached hydrogens (tertiary/aromatic N) is 1. The van der Waals surface area contributed by atoms with Crippen molar-refractivity contribution >= 4 is 23.5 Å². The Kier molecular flexibility index (Phi) is 5.97. The number of esters is 1. The van der Waals surface area contributed by atoms with Gasteiger partial charge in [0, 0.05) is 23.1 Å². The smallest absolute Gasteiger partial charge is 0.336 e. The van der Waals surface area contributed by atoms with Crippen molar-refractivity contribution in [2.75, 3.05) is 6.61 Å². The Labute approximate surface area is 164 Å². The number of amides is 1. The summed E-state index contributed by atoms with van der Waals surface area (Å²) in [6.45, 7) is 4.31. The third-order valence-corrected chi connectivity index (χ3v) is 5.03. The quantitative estimate of drug-likeness (QED) is 0.703. The highest BCUT2D eigenvalue weighted by Gasteiger charge is 2.36. The van der Waals surface area contributed by atoms with E-state index in [9.17, 15) is 9.59 Å². The van der Waals surface area contributed by atoms with Gasteiger partial charge in [0.25, 0.3) is 0 Å². The van der Waals surface area contributed by atoms with E-state index in [1.165, 1.54) is 0 Å². The molecule has 2 aromatic carbocycles. The third kappa shape index (κ3) is 4.22. The van der Waals surface area contributed by atoms with Crippen LogP contribution in [0.25, 0.3) is 0 Å². The monoisotopic (exact) mass is 383 g/mol. The molecular formula is C22H22ClNO3. The zero-order chi connectivity index (χ0) is 19.4.